The zero-order valence-corrected chi connectivity index (χ0v) is 10.2. The van der Waals surface area contributed by atoms with Gasteiger partial charge in [0.25, 0.3) is 0 Å². The average molecular weight is 264 g/mol. The van der Waals surface area contributed by atoms with Gasteiger partial charge in [-0.3, -0.25) is 4.79 Å². The third kappa shape index (κ3) is 3.17. The van der Waals surface area contributed by atoms with Crippen molar-refractivity contribution in [1.82, 2.24) is 0 Å². The van der Waals surface area contributed by atoms with Crippen molar-refractivity contribution in [2.45, 2.75) is 4.90 Å². The lowest BCUT2D eigenvalue weighted by molar-refractivity contribution is 0.102. The van der Waals surface area contributed by atoms with E-state index >= 15 is 0 Å². The standard InChI is InChI=1S/C14H10F2OS/c15-11-6-7-12(16)14(8-11)18-9-13(17)10-4-2-1-3-5-10/h1-8H,9H2. The first-order valence-electron chi connectivity index (χ1n) is 5.33. The normalized spacial score (nSPS) is 10.3. The van der Waals surface area contributed by atoms with Crippen molar-refractivity contribution in [2.24, 2.45) is 0 Å². The first kappa shape index (κ1) is 12.8. The van der Waals surface area contributed by atoms with Crippen molar-refractivity contribution in [3.8, 4) is 0 Å². The quantitative estimate of drug-likeness (QED) is 0.614. The van der Waals surface area contributed by atoms with Crippen molar-refractivity contribution in [3.63, 3.8) is 0 Å². The van der Waals surface area contributed by atoms with Crippen LogP contribution >= 0.6 is 11.8 Å². The van der Waals surface area contributed by atoms with Gasteiger partial charge in [0, 0.05) is 10.5 Å². The third-order valence-corrected chi connectivity index (χ3v) is 3.38. The Balaban J connectivity index is 2.04. The Labute approximate surface area is 108 Å². The van der Waals surface area contributed by atoms with Gasteiger partial charge in [-0.2, -0.15) is 0 Å². The SMILES string of the molecule is O=C(CSc1cc(F)ccc1F)c1ccccc1. The zero-order chi connectivity index (χ0) is 13.0. The van der Waals surface area contributed by atoms with E-state index in [2.05, 4.69) is 0 Å². The van der Waals surface area contributed by atoms with Gasteiger partial charge in [0.2, 0.25) is 0 Å². The highest BCUT2D eigenvalue weighted by Gasteiger charge is 2.09. The van der Waals surface area contributed by atoms with E-state index in [9.17, 15) is 13.6 Å². The summed E-state index contributed by atoms with van der Waals surface area (Å²) in [5.74, 6) is -1.04. The summed E-state index contributed by atoms with van der Waals surface area (Å²) in [6.45, 7) is 0. The smallest absolute Gasteiger partial charge is 0.173 e. The molecule has 0 N–H and O–H groups in total. The number of Topliss-reactive ketones (excluding diaryl/α,β-unsaturated/α-hetero) is 1. The molecule has 0 atom stereocenters. The van der Waals surface area contributed by atoms with E-state index in [1.165, 1.54) is 0 Å². The molecule has 0 aromatic heterocycles. The van der Waals surface area contributed by atoms with Gasteiger partial charge in [-0.05, 0) is 18.2 Å². The van der Waals surface area contributed by atoms with E-state index in [0.29, 0.717) is 5.56 Å². The molecule has 0 aliphatic rings. The fourth-order valence-electron chi connectivity index (χ4n) is 1.44. The molecule has 0 heterocycles. The Morgan fingerprint density at radius 1 is 1.06 bits per heavy atom. The van der Waals surface area contributed by atoms with Crippen molar-refractivity contribution in [2.75, 3.05) is 5.75 Å². The lowest BCUT2D eigenvalue weighted by Crippen LogP contribution is -2.02. The molecular weight excluding hydrogens is 254 g/mol. The number of hydrogen-bond donors (Lipinski definition) is 0. The maximum Gasteiger partial charge on any atom is 0.173 e. The summed E-state index contributed by atoms with van der Waals surface area (Å²) >= 11 is 1.000. The van der Waals surface area contributed by atoms with Gasteiger partial charge in [0.05, 0.1) is 5.75 Å². The summed E-state index contributed by atoms with van der Waals surface area (Å²) in [6, 6.07) is 12.0. The van der Waals surface area contributed by atoms with E-state index < -0.39 is 11.6 Å². The number of carbonyl (C=O) groups is 1. The largest absolute Gasteiger partial charge is 0.293 e. The number of ketones is 1. The van der Waals surface area contributed by atoms with Gasteiger partial charge in [-0.15, -0.1) is 11.8 Å². The highest BCUT2D eigenvalue weighted by atomic mass is 32.2. The topological polar surface area (TPSA) is 17.1 Å². The Morgan fingerprint density at radius 3 is 2.50 bits per heavy atom. The third-order valence-electron chi connectivity index (χ3n) is 2.35. The summed E-state index contributed by atoms with van der Waals surface area (Å²) in [4.78, 5) is 11.9. The van der Waals surface area contributed by atoms with Crippen LogP contribution in [-0.4, -0.2) is 11.5 Å². The molecule has 1 nitrogen and oxygen atoms in total. The van der Waals surface area contributed by atoms with E-state index in [0.717, 1.165) is 30.0 Å². The van der Waals surface area contributed by atoms with Crippen LogP contribution in [0.4, 0.5) is 8.78 Å². The maximum atomic E-state index is 13.3. The summed E-state index contributed by atoms with van der Waals surface area (Å²) in [7, 11) is 0. The molecule has 0 spiro atoms. The number of thioether (sulfide) groups is 1. The minimum Gasteiger partial charge on any atom is -0.293 e. The molecule has 0 aliphatic carbocycles. The molecule has 0 fully saturated rings. The van der Waals surface area contributed by atoms with Crippen LogP contribution in [0.3, 0.4) is 0 Å². The molecule has 0 saturated carbocycles. The van der Waals surface area contributed by atoms with Gasteiger partial charge in [-0.25, -0.2) is 8.78 Å². The summed E-state index contributed by atoms with van der Waals surface area (Å²) in [5, 5.41) is 0. The van der Waals surface area contributed by atoms with Crippen molar-refractivity contribution >= 4 is 17.5 Å². The zero-order valence-electron chi connectivity index (χ0n) is 9.40. The van der Waals surface area contributed by atoms with Crippen molar-refractivity contribution < 1.29 is 13.6 Å². The first-order chi connectivity index (χ1) is 8.66. The molecule has 0 radical (unpaired) electrons. The van der Waals surface area contributed by atoms with Crippen molar-refractivity contribution in [1.29, 1.82) is 0 Å². The van der Waals surface area contributed by atoms with E-state index in [1.54, 1.807) is 24.3 Å². The molecule has 4 heteroatoms. The van der Waals surface area contributed by atoms with Gasteiger partial charge in [-0.1, -0.05) is 30.3 Å². The van der Waals surface area contributed by atoms with Crippen LogP contribution in [0.1, 0.15) is 10.4 Å². The molecule has 92 valence electrons. The summed E-state index contributed by atoms with van der Waals surface area (Å²) in [5.41, 5.74) is 0.571. The number of hydrogen-bond acceptors (Lipinski definition) is 2. The highest BCUT2D eigenvalue weighted by Crippen LogP contribution is 2.23. The molecule has 0 amide bonds. The van der Waals surface area contributed by atoms with E-state index in [-0.39, 0.29) is 16.4 Å². The average Bonchev–Trinajstić information content (AvgIpc) is 2.40. The highest BCUT2D eigenvalue weighted by molar-refractivity contribution is 8.00. The Hall–Kier alpha value is -1.68. The van der Waals surface area contributed by atoms with Gasteiger partial charge in [0.1, 0.15) is 11.6 Å². The molecule has 18 heavy (non-hydrogen) atoms. The number of carbonyl (C=O) groups excluding carboxylic acids is 1. The predicted molar refractivity (Wildman–Crippen MR) is 67.9 cm³/mol. The van der Waals surface area contributed by atoms with E-state index in [4.69, 9.17) is 0 Å². The molecule has 2 rings (SSSR count). The van der Waals surface area contributed by atoms with E-state index in [1.807, 2.05) is 6.07 Å². The van der Waals surface area contributed by atoms with Crippen LogP contribution in [0.5, 0.6) is 0 Å². The van der Waals surface area contributed by atoms with Gasteiger partial charge < -0.3 is 0 Å². The van der Waals surface area contributed by atoms with Crippen molar-refractivity contribution in [3.05, 3.63) is 65.7 Å². The van der Waals surface area contributed by atoms with Crippen LogP contribution in [0.15, 0.2) is 53.4 Å². The van der Waals surface area contributed by atoms with Gasteiger partial charge in [0.15, 0.2) is 5.78 Å². The first-order valence-corrected chi connectivity index (χ1v) is 6.31. The minimum absolute atomic E-state index is 0.0877. The lowest BCUT2D eigenvalue weighted by atomic mass is 10.2. The number of halogens is 2. The van der Waals surface area contributed by atoms with Crippen LogP contribution in [-0.2, 0) is 0 Å². The second-order valence-electron chi connectivity index (χ2n) is 3.65. The molecule has 0 saturated heterocycles. The van der Waals surface area contributed by atoms with Crippen LogP contribution < -0.4 is 0 Å². The number of benzene rings is 2. The summed E-state index contributed by atoms with van der Waals surface area (Å²) < 4.78 is 26.3. The Morgan fingerprint density at radius 2 is 1.78 bits per heavy atom. The Kier molecular flexibility index (Phi) is 4.10. The molecule has 0 aliphatic heterocycles. The van der Waals surface area contributed by atoms with Crippen LogP contribution in [0.25, 0.3) is 0 Å². The molecule has 2 aromatic rings. The van der Waals surface area contributed by atoms with Crippen LogP contribution in [0.2, 0.25) is 0 Å². The lowest BCUT2D eigenvalue weighted by Gasteiger charge is -2.03. The second-order valence-corrected chi connectivity index (χ2v) is 4.67. The fraction of sp³-hybridized carbons (Fsp3) is 0.0714. The molecular formula is C14H10F2OS. The maximum absolute atomic E-state index is 13.3. The second kappa shape index (κ2) is 5.78. The summed E-state index contributed by atoms with van der Waals surface area (Å²) in [6.07, 6.45) is 0. The predicted octanol–water partition coefficient (Wildman–Crippen LogP) is 3.94. The number of rotatable bonds is 4. The fourth-order valence-corrected chi connectivity index (χ4v) is 2.29. The molecule has 0 bridgehead atoms. The minimum atomic E-state index is -0.512. The Bertz CT molecular complexity index is 555. The molecule has 0 unspecified atom stereocenters. The van der Waals surface area contributed by atoms with Crippen LogP contribution in [0, 0.1) is 11.6 Å². The molecule has 2 aromatic carbocycles. The van der Waals surface area contributed by atoms with Gasteiger partial charge >= 0.3 is 0 Å². The monoisotopic (exact) mass is 264 g/mol.